The number of aliphatic hydroxyl groups is 1. The lowest BCUT2D eigenvalue weighted by Crippen LogP contribution is -2.28. The standard InChI is InChI=1S/C22H21F3N2O5/c1-13-17(12-20(29)26-9-10-28)18-11-16(31-2)7-8-19(18)27(13)21(30)14-3-5-15(6-4-14)32-22(23,24)25/h3-8,11,28H,9-10,12H2,1-2H3,(H,26,29). The van der Waals surface area contributed by atoms with Gasteiger partial charge in [0.1, 0.15) is 11.5 Å². The third-order valence-electron chi connectivity index (χ3n) is 4.85. The predicted molar refractivity (Wildman–Crippen MR) is 110 cm³/mol. The predicted octanol–water partition coefficient (Wildman–Crippen LogP) is 3.20. The van der Waals surface area contributed by atoms with Crippen molar-refractivity contribution in [1.82, 2.24) is 9.88 Å². The normalized spacial score (nSPS) is 11.4. The number of aliphatic hydroxyl groups excluding tert-OH is 1. The average molecular weight is 450 g/mol. The maximum absolute atomic E-state index is 13.2. The number of hydrogen-bond acceptors (Lipinski definition) is 5. The van der Waals surface area contributed by atoms with Crippen molar-refractivity contribution in [3.8, 4) is 11.5 Å². The molecule has 170 valence electrons. The van der Waals surface area contributed by atoms with Gasteiger partial charge in [-0.2, -0.15) is 0 Å². The molecule has 1 amide bonds. The summed E-state index contributed by atoms with van der Waals surface area (Å²) in [6.45, 7) is 1.58. The zero-order valence-electron chi connectivity index (χ0n) is 17.3. The Morgan fingerprint density at radius 2 is 1.75 bits per heavy atom. The molecule has 10 heteroatoms. The van der Waals surface area contributed by atoms with Crippen LogP contribution in [0.4, 0.5) is 13.2 Å². The molecule has 0 saturated carbocycles. The van der Waals surface area contributed by atoms with Crippen LogP contribution in [0.1, 0.15) is 21.6 Å². The Kier molecular flexibility index (Phi) is 6.73. The fourth-order valence-electron chi connectivity index (χ4n) is 3.42. The number of benzene rings is 2. The maximum atomic E-state index is 13.2. The van der Waals surface area contributed by atoms with E-state index in [-0.39, 0.29) is 31.0 Å². The van der Waals surface area contributed by atoms with Gasteiger partial charge in [0.05, 0.1) is 25.7 Å². The Labute approximate surface area is 181 Å². The number of fused-ring (bicyclic) bond motifs is 1. The molecule has 0 aliphatic rings. The monoisotopic (exact) mass is 450 g/mol. The zero-order valence-corrected chi connectivity index (χ0v) is 17.3. The summed E-state index contributed by atoms with van der Waals surface area (Å²) in [7, 11) is 1.49. The van der Waals surface area contributed by atoms with Crippen molar-refractivity contribution in [2.45, 2.75) is 19.7 Å². The zero-order chi connectivity index (χ0) is 23.5. The molecule has 0 spiro atoms. The van der Waals surface area contributed by atoms with Crippen LogP contribution in [0.25, 0.3) is 10.9 Å². The van der Waals surface area contributed by atoms with Crippen molar-refractivity contribution in [2.75, 3.05) is 20.3 Å². The lowest BCUT2D eigenvalue weighted by Gasteiger charge is -2.11. The van der Waals surface area contributed by atoms with Crippen molar-refractivity contribution in [3.63, 3.8) is 0 Å². The van der Waals surface area contributed by atoms with Crippen molar-refractivity contribution < 1.29 is 37.3 Å². The lowest BCUT2D eigenvalue weighted by atomic mass is 10.1. The topological polar surface area (TPSA) is 89.8 Å². The summed E-state index contributed by atoms with van der Waals surface area (Å²) in [4.78, 5) is 25.5. The third kappa shape index (κ3) is 5.02. The molecule has 0 saturated heterocycles. The highest BCUT2D eigenvalue weighted by atomic mass is 19.4. The van der Waals surface area contributed by atoms with Crippen LogP contribution in [-0.2, 0) is 11.2 Å². The Bertz CT molecular complexity index is 1140. The second-order valence-electron chi connectivity index (χ2n) is 6.91. The summed E-state index contributed by atoms with van der Waals surface area (Å²) in [5.74, 6) is -0.703. The minimum absolute atomic E-state index is 0.0336. The number of carbonyl (C=O) groups is 2. The molecule has 1 aromatic heterocycles. The van der Waals surface area contributed by atoms with Gasteiger partial charge in [-0.25, -0.2) is 0 Å². The van der Waals surface area contributed by atoms with Crippen LogP contribution in [0.5, 0.6) is 11.5 Å². The number of nitrogens with one attached hydrogen (secondary N) is 1. The van der Waals surface area contributed by atoms with Crippen LogP contribution >= 0.6 is 0 Å². The first-order valence-corrected chi connectivity index (χ1v) is 9.60. The molecular formula is C22H21F3N2O5. The second-order valence-corrected chi connectivity index (χ2v) is 6.91. The van der Waals surface area contributed by atoms with Gasteiger partial charge in [-0.1, -0.05) is 0 Å². The van der Waals surface area contributed by atoms with Crippen molar-refractivity contribution in [1.29, 1.82) is 0 Å². The molecule has 7 nitrogen and oxygen atoms in total. The van der Waals surface area contributed by atoms with Gasteiger partial charge >= 0.3 is 6.36 Å². The van der Waals surface area contributed by atoms with Gasteiger partial charge in [-0.05, 0) is 55.0 Å². The number of nitrogens with zero attached hydrogens (tertiary/aromatic N) is 1. The number of ether oxygens (including phenoxy) is 2. The van der Waals surface area contributed by atoms with Gasteiger partial charge < -0.3 is 19.9 Å². The molecule has 0 aliphatic carbocycles. The first kappa shape index (κ1) is 23.1. The van der Waals surface area contributed by atoms with Crippen LogP contribution in [0, 0.1) is 6.92 Å². The van der Waals surface area contributed by atoms with E-state index in [4.69, 9.17) is 9.84 Å². The number of methoxy groups -OCH3 is 1. The SMILES string of the molecule is COc1ccc2c(c1)c(CC(=O)NCCO)c(C)n2C(=O)c1ccc(OC(F)(F)F)cc1. The van der Waals surface area contributed by atoms with E-state index in [9.17, 15) is 22.8 Å². The molecule has 3 rings (SSSR count). The highest BCUT2D eigenvalue weighted by molar-refractivity contribution is 6.05. The molecule has 1 heterocycles. The fourth-order valence-corrected chi connectivity index (χ4v) is 3.42. The summed E-state index contributed by atoms with van der Waals surface area (Å²) in [5.41, 5.74) is 1.77. The molecule has 0 atom stereocenters. The van der Waals surface area contributed by atoms with E-state index in [0.29, 0.717) is 27.9 Å². The Morgan fingerprint density at radius 3 is 2.34 bits per heavy atom. The minimum atomic E-state index is -4.83. The molecule has 2 aromatic carbocycles. The molecular weight excluding hydrogens is 429 g/mol. The summed E-state index contributed by atoms with van der Waals surface area (Å²) >= 11 is 0. The maximum Gasteiger partial charge on any atom is 0.573 e. The van der Waals surface area contributed by atoms with E-state index in [1.165, 1.54) is 23.8 Å². The molecule has 0 unspecified atom stereocenters. The van der Waals surface area contributed by atoms with Crippen molar-refractivity contribution >= 4 is 22.7 Å². The molecule has 0 bridgehead atoms. The molecule has 0 radical (unpaired) electrons. The molecule has 0 aliphatic heterocycles. The number of rotatable bonds is 7. The Hall–Kier alpha value is -3.53. The van der Waals surface area contributed by atoms with Gasteiger partial charge in [-0.3, -0.25) is 14.2 Å². The number of hydrogen-bond donors (Lipinski definition) is 2. The molecule has 32 heavy (non-hydrogen) atoms. The van der Waals surface area contributed by atoms with Crippen molar-refractivity contribution in [2.24, 2.45) is 0 Å². The lowest BCUT2D eigenvalue weighted by molar-refractivity contribution is -0.274. The molecule has 2 N–H and O–H groups in total. The van der Waals surface area contributed by atoms with Crippen molar-refractivity contribution in [3.05, 3.63) is 59.3 Å². The quantitative estimate of drug-likeness (QED) is 0.577. The van der Waals surface area contributed by atoms with E-state index in [1.807, 2.05) is 0 Å². The number of aromatic nitrogens is 1. The fraction of sp³-hybridized carbons (Fsp3) is 0.273. The number of carbonyl (C=O) groups excluding carboxylic acids is 2. The van der Waals surface area contributed by atoms with Gasteiger partial charge in [0.25, 0.3) is 5.91 Å². The van der Waals surface area contributed by atoms with Gasteiger partial charge in [-0.15, -0.1) is 13.2 Å². The summed E-state index contributed by atoms with van der Waals surface area (Å²) in [5, 5.41) is 12.1. The van der Waals surface area contributed by atoms with Gasteiger partial charge in [0, 0.05) is 23.2 Å². The summed E-state index contributed by atoms with van der Waals surface area (Å²) < 4.78 is 47.7. The number of amides is 1. The number of halogens is 3. The van der Waals surface area contributed by atoms with Crippen LogP contribution in [0.3, 0.4) is 0 Å². The minimum Gasteiger partial charge on any atom is -0.497 e. The van der Waals surface area contributed by atoms with E-state index >= 15 is 0 Å². The number of alkyl halides is 3. The second kappa shape index (κ2) is 9.31. The Balaban J connectivity index is 2.03. The first-order chi connectivity index (χ1) is 15.1. The van der Waals surface area contributed by atoms with E-state index in [1.54, 1.807) is 25.1 Å². The van der Waals surface area contributed by atoms with E-state index < -0.39 is 18.0 Å². The van der Waals surface area contributed by atoms with Crippen LogP contribution in [0.15, 0.2) is 42.5 Å². The van der Waals surface area contributed by atoms with Gasteiger partial charge in [0.15, 0.2) is 0 Å². The smallest absolute Gasteiger partial charge is 0.497 e. The van der Waals surface area contributed by atoms with Crippen LogP contribution in [0.2, 0.25) is 0 Å². The van der Waals surface area contributed by atoms with Crippen LogP contribution in [-0.4, -0.2) is 48.1 Å². The van der Waals surface area contributed by atoms with E-state index in [0.717, 1.165) is 12.1 Å². The third-order valence-corrected chi connectivity index (χ3v) is 4.85. The average Bonchev–Trinajstić information content (AvgIpc) is 3.01. The largest absolute Gasteiger partial charge is 0.573 e. The highest BCUT2D eigenvalue weighted by Crippen LogP contribution is 2.31. The highest BCUT2D eigenvalue weighted by Gasteiger charge is 2.31. The Morgan fingerprint density at radius 1 is 1.09 bits per heavy atom. The van der Waals surface area contributed by atoms with Crippen LogP contribution < -0.4 is 14.8 Å². The molecule has 0 fully saturated rings. The summed E-state index contributed by atoms with van der Waals surface area (Å²) in [6, 6.07) is 9.66. The molecule has 3 aromatic rings. The van der Waals surface area contributed by atoms with E-state index in [2.05, 4.69) is 10.1 Å². The van der Waals surface area contributed by atoms with Gasteiger partial charge in [0.2, 0.25) is 5.91 Å². The summed E-state index contributed by atoms with van der Waals surface area (Å²) in [6.07, 6.45) is -4.86. The first-order valence-electron chi connectivity index (χ1n) is 9.60.